The molecule has 1 unspecified atom stereocenters. The van der Waals surface area contributed by atoms with Crippen LogP contribution in [-0.2, 0) is 11.3 Å². The minimum Gasteiger partial charge on any atom is -0.481 e. The molecule has 2 aromatic heterocycles. The average Bonchev–Trinajstić information content (AvgIpc) is 3.36. The highest BCUT2D eigenvalue weighted by Gasteiger charge is 2.35. The molecule has 3 heterocycles. The summed E-state index contributed by atoms with van der Waals surface area (Å²) in [6.07, 6.45) is 9.10. The van der Waals surface area contributed by atoms with E-state index in [9.17, 15) is 4.79 Å². The number of likely N-dealkylation sites (tertiary alicyclic amines) is 1. The number of hydrogen-bond acceptors (Lipinski definition) is 5. The van der Waals surface area contributed by atoms with Crippen LogP contribution in [0.4, 0.5) is 0 Å². The van der Waals surface area contributed by atoms with Gasteiger partial charge in [-0.05, 0) is 18.9 Å². The largest absolute Gasteiger partial charge is 0.481 e. The predicted molar refractivity (Wildman–Crippen MR) is 91.9 cm³/mol. The maximum absolute atomic E-state index is 12.3. The fraction of sp³-hybridized carbons (Fsp3) is 0.556. The van der Waals surface area contributed by atoms with E-state index >= 15 is 0 Å². The Labute approximate surface area is 147 Å². The predicted octanol–water partition coefficient (Wildman–Crippen LogP) is 2.14. The number of pyridine rings is 1. The van der Waals surface area contributed by atoms with Crippen molar-refractivity contribution >= 4 is 5.91 Å². The Balaban J connectivity index is 1.40. The molecule has 1 saturated carbocycles. The van der Waals surface area contributed by atoms with Crippen LogP contribution in [0.1, 0.15) is 32.1 Å². The highest BCUT2D eigenvalue weighted by molar-refractivity contribution is 5.79. The molecule has 1 atom stereocenters. The second kappa shape index (κ2) is 6.82. The van der Waals surface area contributed by atoms with Crippen LogP contribution >= 0.6 is 0 Å². The Bertz CT molecular complexity index is 736. The summed E-state index contributed by atoms with van der Waals surface area (Å²) in [5.41, 5.74) is 1.69. The van der Waals surface area contributed by atoms with E-state index in [0.29, 0.717) is 30.2 Å². The average molecular weight is 341 g/mol. The third-order valence-electron chi connectivity index (χ3n) is 5.23. The number of carbonyl (C=O) groups is 1. The lowest BCUT2D eigenvalue weighted by atomic mass is 10.1. The van der Waals surface area contributed by atoms with Crippen molar-refractivity contribution in [3.8, 4) is 17.1 Å². The van der Waals surface area contributed by atoms with Crippen LogP contribution in [0.2, 0.25) is 0 Å². The topological polar surface area (TPSA) is 73.1 Å². The van der Waals surface area contributed by atoms with Gasteiger partial charge in [0.15, 0.2) is 0 Å². The second-order valence-corrected chi connectivity index (χ2v) is 6.97. The van der Waals surface area contributed by atoms with Crippen LogP contribution < -0.4 is 4.74 Å². The van der Waals surface area contributed by atoms with Gasteiger partial charge in [0, 0.05) is 49.3 Å². The summed E-state index contributed by atoms with van der Waals surface area (Å²) in [5.74, 6) is 1.20. The third kappa shape index (κ3) is 3.36. The molecule has 0 spiro atoms. The molecule has 132 valence electrons. The first-order valence-electron chi connectivity index (χ1n) is 8.93. The number of amides is 1. The lowest BCUT2D eigenvalue weighted by Gasteiger charge is -2.24. The Morgan fingerprint density at radius 2 is 2.12 bits per heavy atom. The number of carbonyl (C=O) groups excluding carboxylic acids is 1. The van der Waals surface area contributed by atoms with Gasteiger partial charge in [0.05, 0.1) is 13.3 Å². The van der Waals surface area contributed by atoms with Crippen molar-refractivity contribution in [1.29, 1.82) is 0 Å². The number of hydrogen-bond donors (Lipinski definition) is 0. The zero-order valence-corrected chi connectivity index (χ0v) is 14.5. The molecule has 0 aromatic carbocycles. The van der Waals surface area contributed by atoms with Crippen LogP contribution in [0.25, 0.3) is 11.3 Å². The van der Waals surface area contributed by atoms with Crippen LogP contribution in [0.15, 0.2) is 24.5 Å². The van der Waals surface area contributed by atoms with E-state index in [1.807, 2.05) is 23.0 Å². The van der Waals surface area contributed by atoms with Gasteiger partial charge in [-0.15, -0.1) is 5.10 Å². The summed E-state index contributed by atoms with van der Waals surface area (Å²) in [7, 11) is 1.59. The van der Waals surface area contributed by atoms with Crippen molar-refractivity contribution in [3.05, 3.63) is 24.5 Å². The number of aromatic nitrogens is 4. The van der Waals surface area contributed by atoms with Gasteiger partial charge < -0.3 is 9.64 Å². The summed E-state index contributed by atoms with van der Waals surface area (Å²) in [6.45, 7) is 1.58. The normalized spacial score (nSPS) is 21.2. The zero-order chi connectivity index (χ0) is 17.2. The summed E-state index contributed by atoms with van der Waals surface area (Å²) in [4.78, 5) is 18.6. The van der Waals surface area contributed by atoms with Crippen molar-refractivity contribution < 1.29 is 9.53 Å². The summed E-state index contributed by atoms with van der Waals surface area (Å²) >= 11 is 0. The molecule has 7 heteroatoms. The molecule has 0 bridgehead atoms. The van der Waals surface area contributed by atoms with Crippen molar-refractivity contribution in [3.63, 3.8) is 0 Å². The van der Waals surface area contributed by atoms with E-state index in [1.165, 1.54) is 12.8 Å². The van der Waals surface area contributed by atoms with E-state index in [0.717, 1.165) is 37.2 Å². The smallest absolute Gasteiger partial charge is 0.223 e. The highest BCUT2D eigenvalue weighted by Crippen LogP contribution is 2.30. The number of rotatable bonds is 5. The fourth-order valence-corrected chi connectivity index (χ4v) is 3.94. The van der Waals surface area contributed by atoms with E-state index < -0.39 is 0 Å². The monoisotopic (exact) mass is 341 g/mol. The standard InChI is InChI=1S/C18H23N5O2/c1-25-17-7-6-14(9-19-17)16-12-22(21-20-16)10-13-8-18(24)23(11-13)15-4-2-3-5-15/h6-7,9,12-13,15H,2-5,8,10-11H2,1H3. The van der Waals surface area contributed by atoms with Crippen molar-refractivity contribution in [2.75, 3.05) is 13.7 Å². The molecule has 0 radical (unpaired) electrons. The minimum absolute atomic E-state index is 0.302. The first-order valence-corrected chi connectivity index (χ1v) is 8.93. The maximum Gasteiger partial charge on any atom is 0.223 e. The van der Waals surface area contributed by atoms with Gasteiger partial charge in [0.1, 0.15) is 5.69 Å². The molecule has 25 heavy (non-hydrogen) atoms. The lowest BCUT2D eigenvalue weighted by molar-refractivity contribution is -0.129. The van der Waals surface area contributed by atoms with Crippen LogP contribution in [0.3, 0.4) is 0 Å². The van der Waals surface area contributed by atoms with Gasteiger partial charge in [-0.1, -0.05) is 18.1 Å². The molecule has 1 saturated heterocycles. The molecular weight excluding hydrogens is 318 g/mol. The van der Waals surface area contributed by atoms with E-state index in [2.05, 4.69) is 20.2 Å². The SMILES string of the molecule is COc1ccc(-c2cn(CC3CC(=O)N(C4CCCC4)C3)nn2)cn1. The quantitative estimate of drug-likeness (QED) is 0.833. The van der Waals surface area contributed by atoms with E-state index in [-0.39, 0.29) is 0 Å². The minimum atomic E-state index is 0.302. The van der Waals surface area contributed by atoms with Gasteiger partial charge in [-0.3, -0.25) is 9.48 Å². The molecule has 1 aliphatic heterocycles. The third-order valence-corrected chi connectivity index (χ3v) is 5.23. The fourth-order valence-electron chi connectivity index (χ4n) is 3.94. The van der Waals surface area contributed by atoms with Crippen molar-refractivity contribution in [1.82, 2.24) is 24.9 Å². The number of ether oxygens (including phenoxy) is 1. The van der Waals surface area contributed by atoms with Gasteiger partial charge in [-0.25, -0.2) is 4.98 Å². The highest BCUT2D eigenvalue weighted by atomic mass is 16.5. The first-order chi connectivity index (χ1) is 12.2. The summed E-state index contributed by atoms with van der Waals surface area (Å²) < 4.78 is 6.92. The Morgan fingerprint density at radius 3 is 2.84 bits per heavy atom. The summed E-state index contributed by atoms with van der Waals surface area (Å²) in [6, 6.07) is 4.19. The molecule has 7 nitrogen and oxygen atoms in total. The Hall–Kier alpha value is -2.44. The van der Waals surface area contributed by atoms with Crippen LogP contribution in [-0.4, -0.2) is 50.5 Å². The molecule has 2 aromatic rings. The molecule has 2 fully saturated rings. The maximum atomic E-state index is 12.3. The molecule has 2 aliphatic rings. The van der Waals surface area contributed by atoms with Crippen LogP contribution in [0.5, 0.6) is 5.88 Å². The second-order valence-electron chi connectivity index (χ2n) is 6.97. The Kier molecular flexibility index (Phi) is 4.38. The molecular formula is C18H23N5O2. The number of methoxy groups -OCH3 is 1. The van der Waals surface area contributed by atoms with E-state index in [4.69, 9.17) is 4.74 Å². The molecule has 0 N–H and O–H groups in total. The van der Waals surface area contributed by atoms with Crippen LogP contribution in [0, 0.1) is 5.92 Å². The van der Waals surface area contributed by atoms with E-state index in [1.54, 1.807) is 13.3 Å². The van der Waals surface area contributed by atoms with Gasteiger partial charge in [0.25, 0.3) is 0 Å². The van der Waals surface area contributed by atoms with Gasteiger partial charge in [0.2, 0.25) is 11.8 Å². The Morgan fingerprint density at radius 1 is 1.28 bits per heavy atom. The molecule has 1 aliphatic carbocycles. The number of nitrogens with zero attached hydrogens (tertiary/aromatic N) is 5. The van der Waals surface area contributed by atoms with Gasteiger partial charge in [-0.2, -0.15) is 0 Å². The van der Waals surface area contributed by atoms with Gasteiger partial charge >= 0.3 is 0 Å². The molecule has 1 amide bonds. The van der Waals surface area contributed by atoms with Crippen molar-refractivity contribution in [2.45, 2.75) is 44.7 Å². The molecule has 4 rings (SSSR count). The summed E-state index contributed by atoms with van der Waals surface area (Å²) in [5, 5.41) is 8.46. The van der Waals surface area contributed by atoms with Crippen molar-refractivity contribution in [2.24, 2.45) is 5.92 Å². The first kappa shape index (κ1) is 16.1. The lowest BCUT2D eigenvalue weighted by Crippen LogP contribution is -2.34. The zero-order valence-electron chi connectivity index (χ0n) is 14.5.